The molecule has 96 valence electrons. The molecule has 0 saturated heterocycles. The molecule has 1 aliphatic carbocycles. The summed E-state index contributed by atoms with van der Waals surface area (Å²) in [5.74, 6) is 2.71. The van der Waals surface area contributed by atoms with Crippen LogP contribution in [-0.4, -0.2) is 24.0 Å². The van der Waals surface area contributed by atoms with Crippen molar-refractivity contribution in [1.29, 1.82) is 0 Å². The average Bonchev–Trinajstić information content (AvgIpc) is 3.21. The Bertz CT molecular complexity index is 398. The van der Waals surface area contributed by atoms with Gasteiger partial charge in [0.05, 0.1) is 6.54 Å². The summed E-state index contributed by atoms with van der Waals surface area (Å²) in [6, 6.07) is 9.63. The molecule has 0 spiro atoms. The zero-order chi connectivity index (χ0) is 12.8. The smallest absolute Gasteiger partial charge is 0.0601 e. The Hall–Kier alpha value is -1.30. The largest absolute Gasteiger partial charge is 0.310 e. The lowest BCUT2D eigenvalue weighted by molar-refractivity contribution is 0.316. The van der Waals surface area contributed by atoms with E-state index in [1.165, 1.54) is 24.0 Å². The highest BCUT2D eigenvalue weighted by atomic mass is 15.1. The Balaban J connectivity index is 1.83. The van der Waals surface area contributed by atoms with Gasteiger partial charge in [0, 0.05) is 19.1 Å². The Kier molecular flexibility index (Phi) is 4.81. The number of rotatable bonds is 7. The third-order valence-electron chi connectivity index (χ3n) is 3.36. The molecule has 0 heterocycles. The van der Waals surface area contributed by atoms with E-state index < -0.39 is 0 Å². The molecular weight excluding hydrogens is 220 g/mol. The van der Waals surface area contributed by atoms with Gasteiger partial charge in [0.2, 0.25) is 0 Å². The maximum atomic E-state index is 5.36. The number of hydrogen-bond acceptors (Lipinski definition) is 2. The molecule has 18 heavy (non-hydrogen) atoms. The molecule has 2 rings (SSSR count). The number of terminal acetylenes is 1. The first-order valence-electron chi connectivity index (χ1n) is 6.79. The monoisotopic (exact) mass is 242 g/mol. The Morgan fingerprint density at radius 2 is 1.94 bits per heavy atom. The van der Waals surface area contributed by atoms with E-state index in [1.807, 2.05) is 0 Å². The molecule has 1 aromatic rings. The van der Waals surface area contributed by atoms with Crippen LogP contribution in [0.25, 0.3) is 0 Å². The minimum Gasteiger partial charge on any atom is -0.310 e. The molecule has 0 atom stereocenters. The number of nitrogens with one attached hydrogen (secondary N) is 1. The number of nitrogens with zero attached hydrogens (tertiary/aromatic N) is 1. The summed E-state index contributed by atoms with van der Waals surface area (Å²) in [7, 11) is 0. The normalized spacial score (nSPS) is 14.7. The van der Waals surface area contributed by atoms with Crippen molar-refractivity contribution in [2.24, 2.45) is 0 Å². The molecule has 1 N–H and O–H groups in total. The van der Waals surface area contributed by atoms with Crippen molar-refractivity contribution in [2.45, 2.75) is 38.9 Å². The molecule has 0 bridgehead atoms. The first-order chi connectivity index (χ1) is 8.81. The molecule has 0 aliphatic heterocycles. The van der Waals surface area contributed by atoms with E-state index >= 15 is 0 Å². The first kappa shape index (κ1) is 13.1. The van der Waals surface area contributed by atoms with Crippen LogP contribution in [0.1, 0.15) is 30.9 Å². The summed E-state index contributed by atoms with van der Waals surface area (Å²) in [5.41, 5.74) is 2.70. The van der Waals surface area contributed by atoms with Gasteiger partial charge in [-0.05, 0) is 30.5 Å². The van der Waals surface area contributed by atoms with Crippen molar-refractivity contribution in [2.75, 3.05) is 13.1 Å². The van der Waals surface area contributed by atoms with Gasteiger partial charge < -0.3 is 5.32 Å². The summed E-state index contributed by atoms with van der Waals surface area (Å²) in [4.78, 5) is 2.26. The van der Waals surface area contributed by atoms with E-state index in [2.05, 4.69) is 47.3 Å². The molecule has 0 unspecified atom stereocenters. The standard InChI is InChI=1S/C16H22N2/c1-3-11-18(4-2)13-15-7-5-14(6-8-15)12-17-16-9-10-16/h1,5-8,16-17H,4,9-13H2,2H3. The second-order valence-corrected chi connectivity index (χ2v) is 4.98. The molecule has 0 aromatic heterocycles. The molecule has 2 nitrogen and oxygen atoms in total. The van der Waals surface area contributed by atoms with Gasteiger partial charge in [-0.1, -0.05) is 37.1 Å². The third kappa shape index (κ3) is 4.18. The Morgan fingerprint density at radius 1 is 1.28 bits per heavy atom. The van der Waals surface area contributed by atoms with E-state index in [0.29, 0.717) is 0 Å². The Labute approximate surface area is 110 Å². The maximum Gasteiger partial charge on any atom is 0.0601 e. The van der Waals surface area contributed by atoms with E-state index in [4.69, 9.17) is 6.42 Å². The highest BCUT2D eigenvalue weighted by Crippen LogP contribution is 2.19. The molecule has 2 heteroatoms. The summed E-state index contributed by atoms with van der Waals surface area (Å²) in [6.45, 7) is 5.80. The second-order valence-electron chi connectivity index (χ2n) is 4.98. The van der Waals surface area contributed by atoms with Crippen molar-refractivity contribution in [1.82, 2.24) is 10.2 Å². The van der Waals surface area contributed by atoms with Gasteiger partial charge in [-0.15, -0.1) is 6.42 Å². The lowest BCUT2D eigenvalue weighted by Crippen LogP contribution is -2.23. The number of hydrogen-bond donors (Lipinski definition) is 1. The molecule has 0 radical (unpaired) electrons. The van der Waals surface area contributed by atoms with Crippen LogP contribution in [-0.2, 0) is 13.1 Å². The molecule has 1 aromatic carbocycles. The van der Waals surface area contributed by atoms with Crippen LogP contribution in [0.15, 0.2) is 24.3 Å². The van der Waals surface area contributed by atoms with Crippen LogP contribution >= 0.6 is 0 Å². The topological polar surface area (TPSA) is 15.3 Å². The van der Waals surface area contributed by atoms with Gasteiger partial charge in [0.25, 0.3) is 0 Å². The summed E-state index contributed by atoms with van der Waals surface area (Å²) < 4.78 is 0. The van der Waals surface area contributed by atoms with E-state index in [-0.39, 0.29) is 0 Å². The third-order valence-corrected chi connectivity index (χ3v) is 3.36. The zero-order valence-corrected chi connectivity index (χ0v) is 11.2. The van der Waals surface area contributed by atoms with Crippen LogP contribution in [0.5, 0.6) is 0 Å². The minimum absolute atomic E-state index is 0.724. The van der Waals surface area contributed by atoms with E-state index in [0.717, 1.165) is 32.2 Å². The molecule has 1 aliphatic rings. The lowest BCUT2D eigenvalue weighted by Gasteiger charge is -2.17. The van der Waals surface area contributed by atoms with Gasteiger partial charge in [0.15, 0.2) is 0 Å². The first-order valence-corrected chi connectivity index (χ1v) is 6.79. The lowest BCUT2D eigenvalue weighted by atomic mass is 10.1. The highest BCUT2D eigenvalue weighted by molar-refractivity contribution is 5.22. The van der Waals surface area contributed by atoms with Gasteiger partial charge in [-0.2, -0.15) is 0 Å². The predicted molar refractivity (Wildman–Crippen MR) is 76.1 cm³/mol. The fourth-order valence-corrected chi connectivity index (χ4v) is 1.98. The summed E-state index contributed by atoms with van der Waals surface area (Å²) in [6.07, 6.45) is 8.04. The van der Waals surface area contributed by atoms with Crippen molar-refractivity contribution < 1.29 is 0 Å². The van der Waals surface area contributed by atoms with Gasteiger partial charge in [-0.25, -0.2) is 0 Å². The van der Waals surface area contributed by atoms with Gasteiger partial charge >= 0.3 is 0 Å². The maximum absolute atomic E-state index is 5.36. The van der Waals surface area contributed by atoms with Crippen molar-refractivity contribution in [3.05, 3.63) is 35.4 Å². The molecule has 1 fully saturated rings. The minimum atomic E-state index is 0.724. The van der Waals surface area contributed by atoms with Crippen molar-refractivity contribution in [3.8, 4) is 12.3 Å². The van der Waals surface area contributed by atoms with Crippen LogP contribution in [0.2, 0.25) is 0 Å². The zero-order valence-electron chi connectivity index (χ0n) is 11.2. The van der Waals surface area contributed by atoms with Crippen LogP contribution in [0, 0.1) is 12.3 Å². The van der Waals surface area contributed by atoms with Gasteiger partial charge in [0.1, 0.15) is 0 Å². The van der Waals surface area contributed by atoms with Crippen LogP contribution < -0.4 is 5.32 Å². The molecular formula is C16H22N2. The second kappa shape index (κ2) is 6.58. The number of benzene rings is 1. The SMILES string of the molecule is C#CCN(CC)Cc1ccc(CNC2CC2)cc1. The highest BCUT2D eigenvalue weighted by Gasteiger charge is 2.19. The van der Waals surface area contributed by atoms with E-state index in [1.54, 1.807) is 0 Å². The summed E-state index contributed by atoms with van der Waals surface area (Å²) in [5, 5.41) is 3.53. The van der Waals surface area contributed by atoms with Crippen LogP contribution in [0.3, 0.4) is 0 Å². The van der Waals surface area contributed by atoms with Crippen molar-refractivity contribution in [3.63, 3.8) is 0 Å². The fraction of sp³-hybridized carbons (Fsp3) is 0.500. The summed E-state index contributed by atoms with van der Waals surface area (Å²) >= 11 is 0. The predicted octanol–water partition coefficient (Wildman–Crippen LogP) is 2.39. The molecule has 1 saturated carbocycles. The van der Waals surface area contributed by atoms with Gasteiger partial charge in [-0.3, -0.25) is 4.90 Å². The van der Waals surface area contributed by atoms with E-state index in [9.17, 15) is 0 Å². The molecule has 0 amide bonds. The quantitative estimate of drug-likeness (QED) is 0.739. The Morgan fingerprint density at radius 3 is 2.50 bits per heavy atom. The van der Waals surface area contributed by atoms with Crippen molar-refractivity contribution >= 4 is 0 Å². The fourth-order valence-electron chi connectivity index (χ4n) is 1.98. The average molecular weight is 242 g/mol. The van der Waals surface area contributed by atoms with Crippen LogP contribution in [0.4, 0.5) is 0 Å².